The van der Waals surface area contributed by atoms with Crippen LogP contribution in [0.4, 0.5) is 5.69 Å². The molecule has 21 heavy (non-hydrogen) atoms. The number of carbonyl (C=O) groups is 2. The lowest BCUT2D eigenvalue weighted by Gasteiger charge is -2.25. The normalized spacial score (nSPS) is 15.5. The Hall–Kier alpha value is -1.53. The van der Waals surface area contributed by atoms with E-state index in [4.69, 9.17) is 4.74 Å². The monoisotopic (exact) mass is 308 g/mol. The van der Waals surface area contributed by atoms with Crippen molar-refractivity contribution in [3.8, 4) is 0 Å². The maximum Gasteiger partial charge on any atom is 0.340 e. The molecule has 1 saturated heterocycles. The highest BCUT2D eigenvalue weighted by molar-refractivity contribution is 7.99. The molecule has 1 fully saturated rings. The van der Waals surface area contributed by atoms with Crippen LogP contribution < -0.4 is 5.32 Å². The fourth-order valence-electron chi connectivity index (χ4n) is 2.13. The van der Waals surface area contributed by atoms with Gasteiger partial charge in [-0.15, -0.1) is 0 Å². The van der Waals surface area contributed by atoms with Crippen LogP contribution in [-0.2, 0) is 9.53 Å². The first-order valence-electron chi connectivity index (χ1n) is 7.07. The number of hydrogen-bond donors (Lipinski definition) is 1. The third-order valence-corrected chi connectivity index (χ3v) is 4.11. The number of esters is 1. The molecule has 0 saturated carbocycles. The summed E-state index contributed by atoms with van der Waals surface area (Å²) in [4.78, 5) is 26.1. The lowest BCUT2D eigenvalue weighted by atomic mass is 10.2. The Labute approximate surface area is 129 Å². The van der Waals surface area contributed by atoms with Gasteiger partial charge in [0.2, 0.25) is 5.91 Å². The Morgan fingerprint density at radius 1 is 1.29 bits per heavy atom. The van der Waals surface area contributed by atoms with Gasteiger partial charge >= 0.3 is 5.97 Å². The summed E-state index contributed by atoms with van der Waals surface area (Å²) in [5, 5.41) is 2.81. The molecule has 0 atom stereocenters. The number of nitrogens with one attached hydrogen (secondary N) is 1. The molecule has 0 unspecified atom stereocenters. The van der Waals surface area contributed by atoms with E-state index < -0.39 is 5.97 Å². The molecular weight excluding hydrogens is 288 g/mol. The fraction of sp³-hybridized carbons (Fsp3) is 0.467. The zero-order chi connectivity index (χ0) is 15.1. The maximum atomic E-state index is 12.1. The number of nitrogens with zero attached hydrogens (tertiary/aromatic N) is 1. The van der Waals surface area contributed by atoms with Crippen LogP contribution in [-0.4, -0.2) is 54.5 Å². The van der Waals surface area contributed by atoms with Crippen molar-refractivity contribution in [1.29, 1.82) is 0 Å². The third kappa shape index (κ3) is 4.75. The van der Waals surface area contributed by atoms with Gasteiger partial charge in [0, 0.05) is 24.6 Å². The molecule has 1 aromatic carbocycles. The minimum atomic E-state index is -0.414. The van der Waals surface area contributed by atoms with Gasteiger partial charge in [0.1, 0.15) is 0 Å². The van der Waals surface area contributed by atoms with Gasteiger partial charge in [0.15, 0.2) is 0 Å². The predicted octanol–water partition coefficient (Wildman–Crippen LogP) is 1.85. The molecule has 6 heteroatoms. The average Bonchev–Trinajstić information content (AvgIpc) is 2.49. The second kappa shape index (κ2) is 8.05. The number of benzene rings is 1. The largest absolute Gasteiger partial charge is 0.462 e. The quantitative estimate of drug-likeness (QED) is 0.841. The molecule has 1 heterocycles. The summed E-state index contributed by atoms with van der Waals surface area (Å²) in [6.07, 6.45) is 0. The summed E-state index contributed by atoms with van der Waals surface area (Å²) < 4.78 is 5.00. The van der Waals surface area contributed by atoms with Crippen molar-refractivity contribution in [2.45, 2.75) is 6.92 Å². The molecule has 0 aromatic heterocycles. The minimum absolute atomic E-state index is 0.0985. The van der Waals surface area contributed by atoms with Crippen LogP contribution in [0.5, 0.6) is 0 Å². The van der Waals surface area contributed by atoms with Gasteiger partial charge in [-0.05, 0) is 19.1 Å². The molecular formula is C15H20N2O3S. The lowest BCUT2D eigenvalue weighted by Crippen LogP contribution is -2.38. The van der Waals surface area contributed by atoms with Crippen molar-refractivity contribution in [2.24, 2.45) is 0 Å². The number of amides is 1. The Bertz CT molecular complexity index is 501. The van der Waals surface area contributed by atoms with Gasteiger partial charge in [0.05, 0.1) is 24.4 Å². The van der Waals surface area contributed by atoms with E-state index in [1.54, 1.807) is 31.2 Å². The van der Waals surface area contributed by atoms with Gasteiger partial charge in [-0.3, -0.25) is 9.69 Å². The summed E-state index contributed by atoms with van der Waals surface area (Å²) >= 11 is 1.91. The van der Waals surface area contributed by atoms with Crippen LogP contribution in [0.1, 0.15) is 17.3 Å². The maximum absolute atomic E-state index is 12.1. The Morgan fingerprint density at radius 2 is 2.00 bits per heavy atom. The molecule has 0 bridgehead atoms. The second-order valence-corrected chi connectivity index (χ2v) is 5.93. The van der Waals surface area contributed by atoms with E-state index in [1.807, 2.05) is 11.8 Å². The van der Waals surface area contributed by atoms with Crippen LogP contribution in [0.3, 0.4) is 0 Å². The summed E-state index contributed by atoms with van der Waals surface area (Å²) in [5.74, 6) is 1.61. The molecule has 5 nitrogen and oxygen atoms in total. The molecule has 1 amide bonds. The molecule has 0 spiro atoms. The standard InChI is InChI=1S/C15H20N2O3S/c1-2-20-15(19)12-5-3-4-6-13(12)16-14(18)11-17-7-9-21-10-8-17/h3-6H,2,7-11H2,1H3,(H,16,18). The van der Waals surface area contributed by atoms with Crippen LogP contribution >= 0.6 is 11.8 Å². The van der Waals surface area contributed by atoms with Crippen molar-refractivity contribution in [3.63, 3.8) is 0 Å². The summed E-state index contributed by atoms with van der Waals surface area (Å²) in [5.41, 5.74) is 0.897. The third-order valence-electron chi connectivity index (χ3n) is 3.17. The predicted molar refractivity (Wildman–Crippen MR) is 84.8 cm³/mol. The Kier molecular flexibility index (Phi) is 6.07. The van der Waals surface area contributed by atoms with Crippen LogP contribution in [0.25, 0.3) is 0 Å². The van der Waals surface area contributed by atoms with E-state index in [1.165, 1.54) is 0 Å². The Morgan fingerprint density at radius 3 is 2.71 bits per heavy atom. The zero-order valence-electron chi connectivity index (χ0n) is 12.1. The summed E-state index contributed by atoms with van der Waals surface area (Å²) in [6.45, 7) is 4.28. The van der Waals surface area contributed by atoms with Crippen molar-refractivity contribution >= 4 is 29.3 Å². The van der Waals surface area contributed by atoms with Gasteiger partial charge < -0.3 is 10.1 Å². The van der Waals surface area contributed by atoms with Crippen molar-refractivity contribution in [3.05, 3.63) is 29.8 Å². The van der Waals surface area contributed by atoms with Gasteiger partial charge in [-0.2, -0.15) is 11.8 Å². The first kappa shape index (κ1) is 15.9. The summed E-state index contributed by atoms with van der Waals surface area (Å²) in [7, 11) is 0. The number of rotatable bonds is 5. The number of carbonyl (C=O) groups excluding carboxylic acids is 2. The van der Waals surface area contributed by atoms with E-state index in [0.29, 0.717) is 24.4 Å². The van der Waals surface area contributed by atoms with Crippen LogP contribution in [0, 0.1) is 0 Å². The van der Waals surface area contributed by atoms with E-state index in [9.17, 15) is 9.59 Å². The van der Waals surface area contributed by atoms with E-state index in [-0.39, 0.29) is 5.91 Å². The lowest BCUT2D eigenvalue weighted by molar-refractivity contribution is -0.117. The highest BCUT2D eigenvalue weighted by Gasteiger charge is 2.17. The van der Waals surface area contributed by atoms with E-state index >= 15 is 0 Å². The van der Waals surface area contributed by atoms with Crippen molar-refractivity contribution in [1.82, 2.24) is 4.90 Å². The molecule has 0 aliphatic carbocycles. The average molecular weight is 308 g/mol. The zero-order valence-corrected chi connectivity index (χ0v) is 12.9. The molecule has 1 aliphatic rings. The molecule has 114 valence electrons. The van der Waals surface area contributed by atoms with E-state index in [0.717, 1.165) is 24.6 Å². The highest BCUT2D eigenvalue weighted by atomic mass is 32.2. The molecule has 1 N–H and O–H groups in total. The van der Waals surface area contributed by atoms with Gasteiger partial charge in [-0.25, -0.2) is 4.79 Å². The van der Waals surface area contributed by atoms with Crippen molar-refractivity contribution in [2.75, 3.05) is 43.1 Å². The SMILES string of the molecule is CCOC(=O)c1ccccc1NC(=O)CN1CCSCC1. The summed E-state index contributed by atoms with van der Waals surface area (Å²) in [6, 6.07) is 6.92. The van der Waals surface area contributed by atoms with E-state index in [2.05, 4.69) is 10.2 Å². The number of hydrogen-bond acceptors (Lipinski definition) is 5. The fourth-order valence-corrected chi connectivity index (χ4v) is 3.11. The first-order chi connectivity index (χ1) is 10.2. The minimum Gasteiger partial charge on any atom is -0.462 e. The topological polar surface area (TPSA) is 58.6 Å². The molecule has 1 aliphatic heterocycles. The number of thioether (sulfide) groups is 1. The van der Waals surface area contributed by atoms with Crippen LogP contribution in [0.15, 0.2) is 24.3 Å². The highest BCUT2D eigenvalue weighted by Crippen LogP contribution is 2.16. The van der Waals surface area contributed by atoms with Crippen LogP contribution in [0.2, 0.25) is 0 Å². The number of anilines is 1. The number of ether oxygens (including phenoxy) is 1. The van der Waals surface area contributed by atoms with Gasteiger partial charge in [0.25, 0.3) is 0 Å². The number of para-hydroxylation sites is 1. The molecule has 1 aromatic rings. The molecule has 0 radical (unpaired) electrons. The smallest absolute Gasteiger partial charge is 0.340 e. The first-order valence-corrected chi connectivity index (χ1v) is 8.22. The van der Waals surface area contributed by atoms with Gasteiger partial charge in [-0.1, -0.05) is 12.1 Å². The van der Waals surface area contributed by atoms with Crippen molar-refractivity contribution < 1.29 is 14.3 Å². The molecule has 2 rings (SSSR count). The second-order valence-electron chi connectivity index (χ2n) is 4.70. The Balaban J connectivity index is 1.98.